The first-order chi connectivity index (χ1) is 8.08. The predicted molar refractivity (Wildman–Crippen MR) is 69.8 cm³/mol. The molecule has 6 nitrogen and oxygen atoms in total. The highest BCUT2D eigenvalue weighted by atomic mass is 32.2. The van der Waals surface area contributed by atoms with Crippen LogP contribution >= 0.6 is 25.3 Å². The number of hydrogen-bond donors (Lipinski definition) is 4. The van der Waals surface area contributed by atoms with Crippen molar-refractivity contribution in [3.05, 3.63) is 24.3 Å². The molecule has 2 rings (SSSR count). The molecular formula is C8H8N4O2S3. The van der Waals surface area contributed by atoms with Gasteiger partial charge in [-0.2, -0.15) is 0 Å². The highest BCUT2D eigenvalue weighted by molar-refractivity contribution is 7.80. The summed E-state index contributed by atoms with van der Waals surface area (Å²) in [6, 6.07) is 6.74. The molecule has 0 aliphatic rings. The molecule has 17 heavy (non-hydrogen) atoms. The number of aromatic nitrogens is 3. The average Bonchev–Trinajstić information content (AvgIpc) is 2.58. The Bertz CT molecular complexity index is 595. The first-order valence-electron chi connectivity index (χ1n) is 4.43. The molecule has 0 aliphatic carbocycles. The van der Waals surface area contributed by atoms with E-state index in [0.29, 0.717) is 21.7 Å². The van der Waals surface area contributed by atoms with Crippen molar-refractivity contribution in [2.45, 2.75) is 10.3 Å². The predicted octanol–water partition coefficient (Wildman–Crippen LogP) is 0.783. The van der Waals surface area contributed by atoms with Crippen molar-refractivity contribution < 1.29 is 8.42 Å². The van der Waals surface area contributed by atoms with E-state index in [2.05, 4.69) is 40.2 Å². The van der Waals surface area contributed by atoms with E-state index in [1.807, 2.05) is 0 Å². The molecule has 0 spiro atoms. The van der Waals surface area contributed by atoms with Gasteiger partial charge in [0, 0.05) is 0 Å². The Kier molecular flexibility index (Phi) is 3.60. The molecule has 0 atom stereocenters. The van der Waals surface area contributed by atoms with Crippen molar-refractivity contribution in [1.82, 2.24) is 14.8 Å². The maximum atomic E-state index is 10.6. The second-order valence-electron chi connectivity index (χ2n) is 3.05. The van der Waals surface area contributed by atoms with E-state index in [9.17, 15) is 8.42 Å². The van der Waals surface area contributed by atoms with Gasteiger partial charge >= 0.3 is 0 Å². The van der Waals surface area contributed by atoms with Crippen LogP contribution in [-0.2, 0) is 10.9 Å². The summed E-state index contributed by atoms with van der Waals surface area (Å²) in [6.07, 6.45) is 0. The van der Waals surface area contributed by atoms with E-state index in [0.717, 1.165) is 0 Å². The van der Waals surface area contributed by atoms with Crippen LogP contribution in [0.5, 0.6) is 0 Å². The molecule has 0 radical (unpaired) electrons. The Morgan fingerprint density at radius 2 is 1.82 bits per heavy atom. The third-order valence-corrected chi connectivity index (χ3v) is 2.97. The molecule has 1 aromatic heterocycles. The molecular weight excluding hydrogens is 280 g/mol. The summed E-state index contributed by atoms with van der Waals surface area (Å²) in [4.78, 5) is 0. The van der Waals surface area contributed by atoms with Crippen molar-refractivity contribution >= 4 is 41.8 Å². The molecule has 0 unspecified atom stereocenters. The topological polar surface area (TPSA) is 76.9 Å². The minimum Gasteiger partial charge on any atom is -0.286 e. The molecule has 2 aromatic rings. The normalized spacial score (nSPS) is 10.8. The molecule has 1 aromatic carbocycles. The van der Waals surface area contributed by atoms with E-state index in [-0.39, 0.29) is 0 Å². The molecule has 0 saturated heterocycles. The molecule has 9 heteroatoms. The third kappa shape index (κ3) is 2.73. The Hall–Kier alpha value is -1.19. The fourth-order valence-corrected chi connectivity index (χ4v) is 2.26. The van der Waals surface area contributed by atoms with Gasteiger partial charge in [-0.25, -0.2) is 8.42 Å². The van der Waals surface area contributed by atoms with Gasteiger partial charge in [0.1, 0.15) is 0 Å². The van der Waals surface area contributed by atoms with Gasteiger partial charge in [0.25, 0.3) is 0 Å². The number of thiol groups is 3. The van der Waals surface area contributed by atoms with Crippen molar-refractivity contribution in [1.29, 1.82) is 0 Å². The summed E-state index contributed by atoms with van der Waals surface area (Å²) in [7, 11) is -2.69. The van der Waals surface area contributed by atoms with Crippen LogP contribution in [0.1, 0.15) is 0 Å². The summed E-state index contributed by atoms with van der Waals surface area (Å²) in [5, 5.41) is 8.24. The SMILES string of the molecule is O=[SH](=O)Nc1cccc(-n2c(S)nnc2S)c1. The van der Waals surface area contributed by atoms with Crippen LogP contribution in [0, 0.1) is 0 Å². The summed E-state index contributed by atoms with van der Waals surface area (Å²) in [6.45, 7) is 0. The molecule has 1 heterocycles. The van der Waals surface area contributed by atoms with Gasteiger partial charge < -0.3 is 0 Å². The lowest BCUT2D eigenvalue weighted by Crippen LogP contribution is -1.99. The molecule has 0 aliphatic heterocycles. The minimum atomic E-state index is -2.69. The number of nitrogens with one attached hydrogen (secondary N) is 1. The van der Waals surface area contributed by atoms with E-state index in [1.54, 1.807) is 28.8 Å². The lowest BCUT2D eigenvalue weighted by Gasteiger charge is -2.06. The highest BCUT2D eigenvalue weighted by Crippen LogP contribution is 2.20. The number of rotatable bonds is 3. The first kappa shape index (κ1) is 12.3. The van der Waals surface area contributed by atoms with Gasteiger partial charge in [-0.3, -0.25) is 9.29 Å². The molecule has 0 saturated carbocycles. The van der Waals surface area contributed by atoms with Gasteiger partial charge in [-0.15, -0.1) is 35.5 Å². The van der Waals surface area contributed by atoms with E-state index in [4.69, 9.17) is 0 Å². The zero-order valence-corrected chi connectivity index (χ0v) is 11.0. The molecule has 0 amide bonds. The maximum absolute atomic E-state index is 10.6. The molecule has 0 bridgehead atoms. The van der Waals surface area contributed by atoms with Crippen LogP contribution in [0.25, 0.3) is 5.69 Å². The fourth-order valence-electron chi connectivity index (χ4n) is 1.32. The largest absolute Gasteiger partial charge is 0.286 e. The third-order valence-electron chi connectivity index (χ3n) is 1.95. The van der Waals surface area contributed by atoms with Crippen LogP contribution in [0.15, 0.2) is 34.6 Å². The van der Waals surface area contributed by atoms with Crippen molar-refractivity contribution in [2.75, 3.05) is 4.72 Å². The zero-order chi connectivity index (χ0) is 12.4. The van der Waals surface area contributed by atoms with Gasteiger partial charge in [-0.1, -0.05) is 6.07 Å². The lowest BCUT2D eigenvalue weighted by atomic mass is 10.3. The number of benzene rings is 1. The van der Waals surface area contributed by atoms with Gasteiger partial charge in [-0.05, 0) is 18.2 Å². The summed E-state index contributed by atoms with van der Waals surface area (Å²) in [5.74, 6) is 0. The first-order valence-corrected chi connectivity index (χ1v) is 6.50. The van der Waals surface area contributed by atoms with Gasteiger partial charge in [0.2, 0.25) is 10.9 Å². The van der Waals surface area contributed by atoms with Crippen molar-refractivity contribution in [3.63, 3.8) is 0 Å². The molecule has 0 fully saturated rings. The van der Waals surface area contributed by atoms with Gasteiger partial charge in [0.05, 0.1) is 11.4 Å². The Morgan fingerprint density at radius 1 is 1.18 bits per heavy atom. The van der Waals surface area contributed by atoms with Crippen LogP contribution < -0.4 is 4.72 Å². The Balaban J connectivity index is 2.46. The summed E-state index contributed by atoms with van der Waals surface area (Å²) < 4.78 is 25.0. The lowest BCUT2D eigenvalue weighted by molar-refractivity contribution is 0.619. The second kappa shape index (κ2) is 4.98. The number of nitrogens with zero attached hydrogens (tertiary/aromatic N) is 3. The van der Waals surface area contributed by atoms with Crippen molar-refractivity contribution in [3.8, 4) is 5.69 Å². The maximum Gasteiger partial charge on any atom is 0.222 e. The summed E-state index contributed by atoms with van der Waals surface area (Å²) in [5.41, 5.74) is 1.12. The quantitative estimate of drug-likeness (QED) is 0.630. The Morgan fingerprint density at radius 3 is 2.41 bits per heavy atom. The Labute approximate surface area is 110 Å². The highest BCUT2D eigenvalue weighted by Gasteiger charge is 2.08. The second-order valence-corrected chi connectivity index (χ2v) is 4.59. The monoisotopic (exact) mass is 288 g/mol. The summed E-state index contributed by atoms with van der Waals surface area (Å²) >= 11 is 8.27. The van der Waals surface area contributed by atoms with E-state index < -0.39 is 10.9 Å². The standard InChI is InChI=1S/C8H8N4O2S3/c13-17(14)11-5-2-1-3-6(4-5)12-7(15)9-10-8(12)16/h1-4,17H,(H,9,15)(H,10,16)(H,11,13,14). The van der Waals surface area contributed by atoms with E-state index >= 15 is 0 Å². The number of anilines is 1. The van der Waals surface area contributed by atoms with Crippen LogP contribution in [0.2, 0.25) is 0 Å². The number of hydrogen-bond acceptors (Lipinski definition) is 6. The molecule has 1 N–H and O–H groups in total. The minimum absolute atomic E-state index is 0.374. The van der Waals surface area contributed by atoms with Gasteiger partial charge in [0.15, 0.2) is 10.3 Å². The van der Waals surface area contributed by atoms with E-state index in [1.165, 1.54) is 0 Å². The fraction of sp³-hybridized carbons (Fsp3) is 0. The van der Waals surface area contributed by atoms with Crippen LogP contribution in [0.3, 0.4) is 0 Å². The van der Waals surface area contributed by atoms with Crippen molar-refractivity contribution in [2.24, 2.45) is 0 Å². The average molecular weight is 288 g/mol. The van der Waals surface area contributed by atoms with Crippen LogP contribution in [-0.4, -0.2) is 23.2 Å². The zero-order valence-electron chi connectivity index (χ0n) is 8.31. The van der Waals surface area contributed by atoms with Crippen LogP contribution in [0.4, 0.5) is 5.69 Å². The molecule has 90 valence electrons. The smallest absolute Gasteiger partial charge is 0.222 e.